The van der Waals surface area contributed by atoms with Crippen LogP contribution >= 0.6 is 0 Å². The lowest BCUT2D eigenvalue weighted by molar-refractivity contribution is -0.384. The Morgan fingerprint density at radius 3 is 2.33 bits per heavy atom. The minimum Gasteiger partial charge on any atom is -0.455 e. The van der Waals surface area contributed by atoms with Gasteiger partial charge in [-0.3, -0.25) is 19.7 Å². The second kappa shape index (κ2) is 8.83. The molecule has 0 aliphatic heterocycles. The fraction of sp³-hybridized carbons (Fsp3) is 0.143. The molecule has 3 aromatic carbocycles. The number of nitro groups is 1. The van der Waals surface area contributed by atoms with Gasteiger partial charge >= 0.3 is 0 Å². The standard InChI is InChI=1S/C28H18F3N3O5/c1-32-28(36)25-19-9-17(23(34(37)38)11-24(19)39-26(25)12-2-4-14(29)5-3-12)16-8-18(21(31)10-20(16)30)27(35)33-22-7-13-6-15(13)22/h2-5,8-11,13H,6-7H2,1H3,(H,32,36)(H,33,35). The molecular weight excluding hydrogens is 515 g/mol. The molecule has 2 aliphatic rings. The number of hydrogen-bond donors (Lipinski definition) is 2. The quantitative estimate of drug-likeness (QED) is 0.238. The number of benzene rings is 3. The lowest BCUT2D eigenvalue weighted by atomic mass is 9.96. The molecule has 4 aromatic rings. The number of carbonyl (C=O) groups is 2. The van der Waals surface area contributed by atoms with Crippen LogP contribution in [0.3, 0.4) is 0 Å². The Labute approximate surface area is 218 Å². The number of allylic oxidation sites excluding steroid dienone is 2. The van der Waals surface area contributed by atoms with Crippen LogP contribution in [-0.4, -0.2) is 23.8 Å². The maximum absolute atomic E-state index is 15.1. The molecule has 1 unspecified atom stereocenters. The zero-order valence-electron chi connectivity index (χ0n) is 20.2. The molecule has 1 fully saturated rings. The van der Waals surface area contributed by atoms with E-state index in [9.17, 15) is 28.5 Å². The van der Waals surface area contributed by atoms with Gasteiger partial charge in [0.25, 0.3) is 17.5 Å². The highest BCUT2D eigenvalue weighted by molar-refractivity contribution is 6.12. The molecule has 11 heteroatoms. The van der Waals surface area contributed by atoms with Crippen molar-refractivity contribution in [2.24, 2.45) is 5.92 Å². The van der Waals surface area contributed by atoms with Gasteiger partial charge in [0.15, 0.2) is 0 Å². The van der Waals surface area contributed by atoms with Crippen LogP contribution in [0, 0.1) is 33.5 Å². The van der Waals surface area contributed by atoms with Gasteiger partial charge in [-0.05, 0) is 60.7 Å². The smallest absolute Gasteiger partial charge is 0.281 e. The molecule has 2 aliphatic carbocycles. The number of rotatable bonds is 6. The number of halogens is 3. The minimum atomic E-state index is -1.14. The van der Waals surface area contributed by atoms with E-state index < -0.39 is 51.0 Å². The van der Waals surface area contributed by atoms with Crippen molar-refractivity contribution < 1.29 is 32.1 Å². The molecular formula is C28H18F3N3O5. The lowest BCUT2D eigenvalue weighted by Gasteiger charge is -2.16. The number of amides is 2. The maximum Gasteiger partial charge on any atom is 0.281 e. The average Bonchev–Trinajstić information content (AvgIpc) is 3.42. The Morgan fingerprint density at radius 1 is 0.974 bits per heavy atom. The van der Waals surface area contributed by atoms with Crippen molar-refractivity contribution in [2.75, 3.05) is 7.05 Å². The number of nitro benzene ring substituents is 1. The molecule has 0 bridgehead atoms. The van der Waals surface area contributed by atoms with Crippen LogP contribution in [0.15, 0.2) is 64.2 Å². The summed E-state index contributed by atoms with van der Waals surface area (Å²) in [7, 11) is 1.37. The summed E-state index contributed by atoms with van der Waals surface area (Å²) < 4.78 is 49.1. The molecule has 8 nitrogen and oxygen atoms in total. The number of hydrogen-bond acceptors (Lipinski definition) is 5. The van der Waals surface area contributed by atoms with Crippen LogP contribution in [0.4, 0.5) is 18.9 Å². The molecule has 2 amide bonds. The van der Waals surface area contributed by atoms with Gasteiger partial charge in [0.2, 0.25) is 0 Å². The highest BCUT2D eigenvalue weighted by atomic mass is 19.1. The molecule has 1 heterocycles. The first-order chi connectivity index (χ1) is 18.7. The Kier molecular flexibility index (Phi) is 5.53. The summed E-state index contributed by atoms with van der Waals surface area (Å²) in [6, 6.07) is 8.71. The van der Waals surface area contributed by atoms with Crippen LogP contribution in [0.5, 0.6) is 0 Å². The summed E-state index contributed by atoms with van der Waals surface area (Å²) in [6.07, 6.45) is 1.56. The minimum absolute atomic E-state index is 0.0175. The van der Waals surface area contributed by atoms with Crippen molar-refractivity contribution in [3.63, 3.8) is 0 Å². The first-order valence-electron chi connectivity index (χ1n) is 11.9. The monoisotopic (exact) mass is 533 g/mol. The van der Waals surface area contributed by atoms with Gasteiger partial charge in [0, 0.05) is 35.3 Å². The van der Waals surface area contributed by atoms with Crippen molar-refractivity contribution >= 4 is 28.5 Å². The highest BCUT2D eigenvalue weighted by Crippen LogP contribution is 2.53. The van der Waals surface area contributed by atoms with Crippen molar-refractivity contribution in [3.8, 4) is 22.5 Å². The summed E-state index contributed by atoms with van der Waals surface area (Å²) in [4.78, 5) is 36.9. The zero-order valence-corrected chi connectivity index (χ0v) is 20.2. The van der Waals surface area contributed by atoms with E-state index in [0.29, 0.717) is 29.7 Å². The van der Waals surface area contributed by atoms with Crippen molar-refractivity contribution in [1.29, 1.82) is 0 Å². The molecule has 1 saturated carbocycles. The van der Waals surface area contributed by atoms with E-state index in [1.54, 1.807) is 0 Å². The first kappa shape index (κ1) is 24.4. The van der Waals surface area contributed by atoms with Crippen LogP contribution in [-0.2, 0) is 0 Å². The fourth-order valence-electron chi connectivity index (χ4n) is 4.94. The van der Waals surface area contributed by atoms with Crippen LogP contribution < -0.4 is 10.6 Å². The summed E-state index contributed by atoms with van der Waals surface area (Å²) in [5.41, 5.74) is 0.300. The number of nitrogens with one attached hydrogen (secondary N) is 2. The molecule has 1 atom stereocenters. The zero-order chi connectivity index (χ0) is 27.6. The second-order valence-electron chi connectivity index (χ2n) is 9.39. The summed E-state index contributed by atoms with van der Waals surface area (Å²) in [5, 5.41) is 17.2. The third-order valence-electron chi connectivity index (χ3n) is 7.06. The molecule has 0 spiro atoms. The highest BCUT2D eigenvalue weighted by Gasteiger charge is 2.43. The van der Waals surface area contributed by atoms with Gasteiger partial charge in [0.05, 0.1) is 27.7 Å². The molecule has 39 heavy (non-hydrogen) atoms. The third-order valence-corrected chi connectivity index (χ3v) is 7.06. The molecule has 0 saturated heterocycles. The fourth-order valence-corrected chi connectivity index (χ4v) is 4.94. The van der Waals surface area contributed by atoms with Crippen LogP contribution in [0.25, 0.3) is 33.4 Å². The van der Waals surface area contributed by atoms with E-state index in [0.717, 1.165) is 36.3 Å². The Bertz CT molecular complexity index is 1780. The Balaban J connectivity index is 1.54. The summed E-state index contributed by atoms with van der Waals surface area (Å²) in [6.45, 7) is 0. The van der Waals surface area contributed by atoms with E-state index in [1.807, 2.05) is 0 Å². The van der Waals surface area contributed by atoms with Gasteiger partial charge in [-0.1, -0.05) is 0 Å². The number of fused-ring (bicyclic) bond motifs is 2. The van der Waals surface area contributed by atoms with Crippen LogP contribution in [0.1, 0.15) is 33.6 Å². The number of furan rings is 1. The SMILES string of the molecule is CNC(=O)c1c(-c2ccc(F)cc2)oc2cc([N+](=O)[O-])c(-c3cc(C(=O)NC4=C5CC5C4)c(F)cc3F)cc12. The largest absolute Gasteiger partial charge is 0.455 e. The Morgan fingerprint density at radius 2 is 1.72 bits per heavy atom. The van der Waals surface area contributed by atoms with E-state index in [2.05, 4.69) is 10.6 Å². The molecule has 196 valence electrons. The third kappa shape index (κ3) is 4.02. The van der Waals surface area contributed by atoms with Crippen molar-refractivity contribution in [2.45, 2.75) is 12.8 Å². The second-order valence-corrected chi connectivity index (χ2v) is 9.39. The summed E-state index contributed by atoms with van der Waals surface area (Å²) in [5.74, 6) is -3.70. The van der Waals surface area contributed by atoms with E-state index in [-0.39, 0.29) is 27.9 Å². The molecule has 0 radical (unpaired) electrons. The molecule has 6 rings (SSSR count). The summed E-state index contributed by atoms with van der Waals surface area (Å²) >= 11 is 0. The van der Waals surface area contributed by atoms with Gasteiger partial charge in [-0.25, -0.2) is 13.2 Å². The maximum atomic E-state index is 15.1. The van der Waals surface area contributed by atoms with Crippen molar-refractivity contribution in [1.82, 2.24) is 10.6 Å². The topological polar surface area (TPSA) is 114 Å². The van der Waals surface area contributed by atoms with E-state index >= 15 is 4.39 Å². The van der Waals surface area contributed by atoms with Gasteiger partial charge in [-0.15, -0.1) is 0 Å². The number of nitrogens with zero attached hydrogens (tertiary/aromatic N) is 1. The van der Waals surface area contributed by atoms with Crippen LogP contribution in [0.2, 0.25) is 0 Å². The Hall–Kier alpha value is -4.93. The molecule has 1 aromatic heterocycles. The van der Waals surface area contributed by atoms with E-state index in [1.165, 1.54) is 25.2 Å². The van der Waals surface area contributed by atoms with E-state index in [4.69, 9.17) is 4.42 Å². The normalized spacial score (nSPS) is 15.5. The predicted octanol–water partition coefficient (Wildman–Crippen LogP) is 5.86. The van der Waals surface area contributed by atoms with Crippen molar-refractivity contribution in [3.05, 3.63) is 98.5 Å². The first-order valence-corrected chi connectivity index (χ1v) is 11.9. The number of carbonyl (C=O) groups excluding carboxylic acids is 2. The molecule has 2 N–H and O–H groups in total. The lowest BCUT2D eigenvalue weighted by Crippen LogP contribution is -2.26. The van der Waals surface area contributed by atoms with Gasteiger partial charge < -0.3 is 15.1 Å². The van der Waals surface area contributed by atoms with Gasteiger partial charge in [-0.2, -0.15) is 0 Å². The predicted molar refractivity (Wildman–Crippen MR) is 134 cm³/mol. The van der Waals surface area contributed by atoms with Gasteiger partial charge in [0.1, 0.15) is 28.8 Å². The average molecular weight is 533 g/mol.